The smallest absolute Gasteiger partial charge is 0.336 e. The maximum Gasteiger partial charge on any atom is 0.336 e. The maximum atomic E-state index is 13.0. The minimum atomic E-state index is -0.421. The van der Waals surface area contributed by atoms with Gasteiger partial charge in [0.05, 0.1) is 12.2 Å². The Morgan fingerprint density at radius 1 is 1.14 bits per heavy atom. The van der Waals surface area contributed by atoms with E-state index in [1.54, 1.807) is 13.8 Å². The van der Waals surface area contributed by atoms with Crippen LogP contribution in [0.2, 0.25) is 0 Å². The van der Waals surface area contributed by atoms with Crippen molar-refractivity contribution < 1.29 is 19.1 Å². The summed E-state index contributed by atoms with van der Waals surface area (Å²) in [4.78, 5) is 41.8. The fraction of sp³-hybridized carbons (Fsp3) is 0.522. The van der Waals surface area contributed by atoms with E-state index in [9.17, 15) is 14.4 Å². The van der Waals surface area contributed by atoms with Crippen molar-refractivity contribution in [1.82, 2.24) is 9.80 Å². The Kier molecular flexibility index (Phi) is 6.72. The van der Waals surface area contributed by atoms with Crippen LogP contribution in [0.5, 0.6) is 0 Å². The van der Waals surface area contributed by atoms with E-state index >= 15 is 0 Å². The Labute approximate surface area is 172 Å². The number of carbonyl (C=O) groups is 3. The zero-order chi connectivity index (χ0) is 21.0. The number of piperidine rings is 1. The van der Waals surface area contributed by atoms with Gasteiger partial charge in [0.1, 0.15) is 6.54 Å². The van der Waals surface area contributed by atoms with Crippen LogP contribution in [-0.4, -0.2) is 53.8 Å². The van der Waals surface area contributed by atoms with Crippen molar-refractivity contribution >= 4 is 17.8 Å². The third-order valence-electron chi connectivity index (χ3n) is 5.95. The summed E-state index contributed by atoms with van der Waals surface area (Å²) in [7, 11) is 0. The van der Waals surface area contributed by atoms with Gasteiger partial charge in [-0.25, -0.2) is 4.79 Å². The summed E-state index contributed by atoms with van der Waals surface area (Å²) in [6.07, 6.45) is 2.12. The molecule has 2 amide bonds. The molecule has 0 saturated carbocycles. The number of benzene rings is 1. The molecular weight excluding hydrogens is 368 g/mol. The summed E-state index contributed by atoms with van der Waals surface area (Å²) in [5, 5.41) is 0. The van der Waals surface area contributed by atoms with Gasteiger partial charge in [0.25, 0.3) is 0 Å². The first kappa shape index (κ1) is 21.1. The van der Waals surface area contributed by atoms with Crippen LogP contribution in [0.3, 0.4) is 0 Å². The Morgan fingerprint density at radius 2 is 1.79 bits per heavy atom. The van der Waals surface area contributed by atoms with Crippen molar-refractivity contribution in [3.8, 4) is 0 Å². The number of hydrogen-bond acceptors (Lipinski definition) is 4. The molecule has 2 aliphatic heterocycles. The number of amides is 2. The second-order valence-corrected chi connectivity index (χ2v) is 7.93. The molecule has 2 aliphatic rings. The monoisotopic (exact) mass is 398 g/mol. The molecule has 6 nitrogen and oxygen atoms in total. The number of ether oxygens (including phenoxy) is 1. The molecule has 156 valence electrons. The number of nitrogens with zero attached hydrogens (tertiary/aromatic N) is 2. The highest BCUT2D eigenvalue weighted by Crippen LogP contribution is 2.37. The van der Waals surface area contributed by atoms with E-state index in [-0.39, 0.29) is 37.3 Å². The van der Waals surface area contributed by atoms with E-state index in [2.05, 4.69) is 6.92 Å². The third kappa shape index (κ3) is 4.69. The van der Waals surface area contributed by atoms with Gasteiger partial charge in [0.15, 0.2) is 0 Å². The third-order valence-corrected chi connectivity index (χ3v) is 5.95. The van der Waals surface area contributed by atoms with E-state index in [0.29, 0.717) is 17.2 Å². The summed E-state index contributed by atoms with van der Waals surface area (Å²) < 4.78 is 5.29. The number of allylic oxidation sites excluding steroid dienone is 1. The highest BCUT2D eigenvalue weighted by molar-refractivity contribution is 5.97. The van der Waals surface area contributed by atoms with E-state index < -0.39 is 5.97 Å². The Bertz CT molecular complexity index is 794. The van der Waals surface area contributed by atoms with Gasteiger partial charge in [-0.3, -0.25) is 9.59 Å². The first-order valence-electron chi connectivity index (χ1n) is 10.4. The van der Waals surface area contributed by atoms with Gasteiger partial charge in [-0.15, -0.1) is 0 Å². The predicted octanol–water partition coefficient (Wildman–Crippen LogP) is 3.10. The zero-order valence-electron chi connectivity index (χ0n) is 17.5. The summed E-state index contributed by atoms with van der Waals surface area (Å²) in [6.45, 7) is 7.38. The molecule has 0 aliphatic carbocycles. The number of hydrogen-bond donors (Lipinski definition) is 0. The van der Waals surface area contributed by atoms with Crippen molar-refractivity contribution in [3.05, 3.63) is 47.2 Å². The highest BCUT2D eigenvalue weighted by Gasteiger charge is 2.38. The molecule has 0 N–H and O–H groups in total. The van der Waals surface area contributed by atoms with E-state index in [1.807, 2.05) is 35.2 Å². The van der Waals surface area contributed by atoms with Gasteiger partial charge in [-0.2, -0.15) is 0 Å². The Morgan fingerprint density at radius 3 is 2.41 bits per heavy atom. The average Bonchev–Trinajstić information content (AvgIpc) is 2.71. The fourth-order valence-corrected chi connectivity index (χ4v) is 4.14. The van der Waals surface area contributed by atoms with Gasteiger partial charge < -0.3 is 14.5 Å². The lowest BCUT2D eigenvalue weighted by molar-refractivity contribution is -0.143. The van der Waals surface area contributed by atoms with Crippen LogP contribution >= 0.6 is 0 Å². The first-order chi connectivity index (χ1) is 13.9. The molecule has 0 spiro atoms. The molecule has 3 rings (SSSR count). The molecule has 1 fully saturated rings. The van der Waals surface area contributed by atoms with Crippen LogP contribution in [0, 0.1) is 5.92 Å². The number of carbonyl (C=O) groups excluding carboxylic acids is 3. The quantitative estimate of drug-likeness (QED) is 0.715. The molecule has 0 aromatic heterocycles. The second kappa shape index (κ2) is 9.25. The van der Waals surface area contributed by atoms with Crippen molar-refractivity contribution in [3.63, 3.8) is 0 Å². The van der Waals surface area contributed by atoms with Crippen molar-refractivity contribution in [1.29, 1.82) is 0 Å². The summed E-state index contributed by atoms with van der Waals surface area (Å²) >= 11 is 0. The standard InChI is InChI=1S/C23H30N2O4/c1-4-29-23(28)22-17(3)25(15-21(27)24-12-10-16(2)11-13-24)20(26)14-19(22)18-8-6-5-7-9-18/h5-9,16,19H,4,10-15H2,1-3H3/t19-/m0/s1. The molecule has 1 aromatic rings. The number of esters is 1. The van der Waals surface area contributed by atoms with Gasteiger partial charge in [0.2, 0.25) is 11.8 Å². The molecule has 2 heterocycles. The topological polar surface area (TPSA) is 66.9 Å². The van der Waals surface area contributed by atoms with Gasteiger partial charge in [0, 0.05) is 31.1 Å². The van der Waals surface area contributed by atoms with Crippen LogP contribution in [0.25, 0.3) is 0 Å². The molecule has 1 atom stereocenters. The van der Waals surface area contributed by atoms with Gasteiger partial charge in [-0.1, -0.05) is 37.3 Å². The molecular formula is C23H30N2O4. The van der Waals surface area contributed by atoms with E-state index in [4.69, 9.17) is 4.74 Å². The van der Waals surface area contributed by atoms with Crippen LogP contribution in [0.1, 0.15) is 51.5 Å². The van der Waals surface area contributed by atoms with E-state index in [1.165, 1.54) is 4.90 Å². The summed E-state index contributed by atoms with van der Waals surface area (Å²) in [6, 6.07) is 9.52. The second-order valence-electron chi connectivity index (χ2n) is 7.93. The molecule has 6 heteroatoms. The first-order valence-corrected chi connectivity index (χ1v) is 10.4. The number of likely N-dealkylation sites (tertiary alicyclic amines) is 1. The Hall–Kier alpha value is -2.63. The van der Waals surface area contributed by atoms with Crippen LogP contribution < -0.4 is 0 Å². The lowest BCUT2D eigenvalue weighted by Crippen LogP contribution is -2.47. The Balaban J connectivity index is 1.87. The van der Waals surface area contributed by atoms with Gasteiger partial charge >= 0.3 is 5.97 Å². The lowest BCUT2D eigenvalue weighted by Gasteiger charge is -2.36. The van der Waals surface area contributed by atoms with E-state index in [0.717, 1.165) is 31.5 Å². The maximum absolute atomic E-state index is 13.0. The molecule has 0 unspecified atom stereocenters. The predicted molar refractivity (Wildman–Crippen MR) is 110 cm³/mol. The van der Waals surface area contributed by atoms with Gasteiger partial charge in [-0.05, 0) is 38.2 Å². The highest BCUT2D eigenvalue weighted by atomic mass is 16.5. The van der Waals surface area contributed by atoms with Crippen molar-refractivity contribution in [2.24, 2.45) is 5.92 Å². The summed E-state index contributed by atoms with van der Waals surface area (Å²) in [5.41, 5.74) is 1.89. The SMILES string of the molecule is CCOC(=O)C1=C(C)N(CC(=O)N2CCC(C)CC2)C(=O)C[C@H]1c1ccccc1. The lowest BCUT2D eigenvalue weighted by atomic mass is 9.83. The molecule has 0 bridgehead atoms. The fourth-order valence-electron chi connectivity index (χ4n) is 4.14. The number of rotatable bonds is 5. The van der Waals surface area contributed by atoms with Crippen molar-refractivity contribution in [2.45, 2.75) is 46.0 Å². The van der Waals surface area contributed by atoms with Crippen LogP contribution in [0.15, 0.2) is 41.6 Å². The molecule has 1 aromatic carbocycles. The summed E-state index contributed by atoms with van der Waals surface area (Å²) in [5.74, 6) is -0.353. The molecule has 0 radical (unpaired) electrons. The minimum absolute atomic E-state index is 0.0243. The minimum Gasteiger partial charge on any atom is -0.463 e. The largest absolute Gasteiger partial charge is 0.463 e. The molecule has 1 saturated heterocycles. The van der Waals surface area contributed by atoms with Crippen molar-refractivity contribution in [2.75, 3.05) is 26.2 Å². The normalized spacial score (nSPS) is 20.8. The van der Waals surface area contributed by atoms with Crippen LogP contribution in [-0.2, 0) is 19.1 Å². The van der Waals surface area contributed by atoms with Crippen LogP contribution in [0.4, 0.5) is 0 Å². The molecule has 29 heavy (non-hydrogen) atoms. The average molecular weight is 399 g/mol. The zero-order valence-corrected chi connectivity index (χ0v) is 17.5.